The zero-order valence-electron chi connectivity index (χ0n) is 10.6. The highest BCUT2D eigenvalue weighted by molar-refractivity contribution is 5.88. The van der Waals surface area contributed by atoms with Gasteiger partial charge in [0.1, 0.15) is 6.04 Å². The van der Waals surface area contributed by atoms with Crippen LogP contribution in [-0.4, -0.2) is 41.0 Å². The highest BCUT2D eigenvalue weighted by Crippen LogP contribution is 2.31. The molecule has 0 radical (unpaired) electrons. The van der Waals surface area contributed by atoms with Gasteiger partial charge in [-0.15, -0.1) is 0 Å². The minimum absolute atomic E-state index is 0.0881. The number of nitrogens with two attached hydrogens (primary N) is 1. The second kappa shape index (κ2) is 5.49. The number of likely N-dealkylation sites (tertiary alicyclic amines) is 1. The first kappa shape index (κ1) is 14.0. The third-order valence-corrected chi connectivity index (χ3v) is 4.00. The number of aliphatic carboxylic acids is 1. The van der Waals surface area contributed by atoms with Crippen molar-refractivity contribution in [3.05, 3.63) is 0 Å². The van der Waals surface area contributed by atoms with E-state index in [9.17, 15) is 9.59 Å². The van der Waals surface area contributed by atoms with Gasteiger partial charge in [0.05, 0.1) is 5.41 Å². The molecule has 5 heteroatoms. The molecule has 0 saturated carbocycles. The number of carbonyl (C=O) groups is 2. The van der Waals surface area contributed by atoms with Crippen molar-refractivity contribution in [2.45, 2.75) is 45.6 Å². The van der Waals surface area contributed by atoms with E-state index >= 15 is 0 Å². The van der Waals surface area contributed by atoms with E-state index in [2.05, 4.69) is 0 Å². The summed E-state index contributed by atoms with van der Waals surface area (Å²) in [4.78, 5) is 25.0. The molecule has 5 nitrogen and oxygen atoms in total. The third kappa shape index (κ3) is 2.44. The molecule has 1 saturated heterocycles. The van der Waals surface area contributed by atoms with Gasteiger partial charge in [0.15, 0.2) is 0 Å². The molecule has 1 fully saturated rings. The number of carbonyl (C=O) groups excluding carboxylic acids is 1. The fourth-order valence-corrected chi connectivity index (χ4v) is 2.50. The summed E-state index contributed by atoms with van der Waals surface area (Å²) in [5.41, 5.74) is 5.14. The molecule has 0 bridgehead atoms. The van der Waals surface area contributed by atoms with Crippen molar-refractivity contribution in [1.29, 1.82) is 0 Å². The molecule has 17 heavy (non-hydrogen) atoms. The van der Waals surface area contributed by atoms with E-state index in [-0.39, 0.29) is 12.5 Å². The summed E-state index contributed by atoms with van der Waals surface area (Å²) >= 11 is 0. The van der Waals surface area contributed by atoms with E-state index < -0.39 is 17.4 Å². The summed E-state index contributed by atoms with van der Waals surface area (Å²) in [5, 5.41) is 9.09. The quantitative estimate of drug-likeness (QED) is 0.748. The van der Waals surface area contributed by atoms with E-state index in [0.29, 0.717) is 25.8 Å². The maximum Gasteiger partial charge on any atom is 0.326 e. The molecule has 0 unspecified atom stereocenters. The molecule has 0 aliphatic carbocycles. The van der Waals surface area contributed by atoms with Gasteiger partial charge in [0.2, 0.25) is 5.91 Å². The monoisotopic (exact) mass is 242 g/mol. The number of nitrogens with zero attached hydrogens (tertiary/aromatic N) is 1. The molecule has 1 aliphatic rings. The first-order valence-electron chi connectivity index (χ1n) is 6.26. The zero-order valence-corrected chi connectivity index (χ0v) is 10.6. The van der Waals surface area contributed by atoms with Crippen LogP contribution in [0.25, 0.3) is 0 Å². The molecule has 0 aromatic heterocycles. The predicted octanol–water partition coefficient (Wildman–Crippen LogP) is 0.827. The van der Waals surface area contributed by atoms with Gasteiger partial charge in [-0.05, 0) is 25.7 Å². The molecule has 98 valence electrons. The summed E-state index contributed by atoms with van der Waals surface area (Å²) in [6.45, 7) is 4.68. The predicted molar refractivity (Wildman–Crippen MR) is 64.4 cm³/mol. The highest BCUT2D eigenvalue weighted by Gasteiger charge is 2.43. The van der Waals surface area contributed by atoms with Crippen molar-refractivity contribution < 1.29 is 14.7 Å². The summed E-state index contributed by atoms with van der Waals surface area (Å²) < 4.78 is 0. The minimum atomic E-state index is -0.908. The average molecular weight is 242 g/mol. The molecule has 1 heterocycles. The summed E-state index contributed by atoms with van der Waals surface area (Å²) in [5.74, 6) is -0.996. The maximum atomic E-state index is 12.5. The van der Waals surface area contributed by atoms with Crippen LogP contribution < -0.4 is 5.73 Å². The lowest BCUT2D eigenvalue weighted by molar-refractivity contribution is -0.153. The summed E-state index contributed by atoms with van der Waals surface area (Å²) in [6, 6.07) is -0.661. The summed E-state index contributed by atoms with van der Waals surface area (Å²) in [7, 11) is 0. The van der Waals surface area contributed by atoms with Crippen LogP contribution in [0.2, 0.25) is 0 Å². The number of carboxylic acids is 1. The van der Waals surface area contributed by atoms with Crippen molar-refractivity contribution in [2.24, 2.45) is 11.1 Å². The van der Waals surface area contributed by atoms with Gasteiger partial charge in [-0.3, -0.25) is 4.79 Å². The van der Waals surface area contributed by atoms with Gasteiger partial charge in [0.25, 0.3) is 0 Å². The number of hydrogen-bond acceptors (Lipinski definition) is 3. The van der Waals surface area contributed by atoms with Gasteiger partial charge < -0.3 is 15.7 Å². The van der Waals surface area contributed by atoms with E-state index in [4.69, 9.17) is 10.8 Å². The van der Waals surface area contributed by atoms with E-state index in [0.717, 1.165) is 6.42 Å². The van der Waals surface area contributed by atoms with Crippen LogP contribution in [0.15, 0.2) is 0 Å². The molecular formula is C12H22N2O3. The Kier molecular flexibility index (Phi) is 4.51. The van der Waals surface area contributed by atoms with E-state index in [1.807, 2.05) is 13.8 Å². The molecule has 0 aromatic carbocycles. The van der Waals surface area contributed by atoms with Gasteiger partial charge in [0, 0.05) is 13.1 Å². The van der Waals surface area contributed by atoms with Crippen LogP contribution >= 0.6 is 0 Å². The normalized spacial score (nSPS) is 20.6. The van der Waals surface area contributed by atoms with Crippen molar-refractivity contribution in [2.75, 3.05) is 13.1 Å². The van der Waals surface area contributed by atoms with Crippen LogP contribution in [-0.2, 0) is 9.59 Å². The molecule has 0 aromatic rings. The second-order valence-electron chi connectivity index (χ2n) is 4.69. The number of rotatable bonds is 5. The maximum absolute atomic E-state index is 12.5. The van der Waals surface area contributed by atoms with Crippen LogP contribution in [0.5, 0.6) is 0 Å². The number of amides is 1. The Hall–Kier alpha value is -1.10. The van der Waals surface area contributed by atoms with Gasteiger partial charge in [-0.1, -0.05) is 13.8 Å². The molecular weight excluding hydrogens is 220 g/mol. The van der Waals surface area contributed by atoms with Crippen molar-refractivity contribution >= 4 is 11.9 Å². The summed E-state index contributed by atoms with van der Waals surface area (Å²) in [6.07, 6.45) is 2.62. The van der Waals surface area contributed by atoms with Crippen molar-refractivity contribution in [1.82, 2.24) is 4.90 Å². The van der Waals surface area contributed by atoms with Gasteiger partial charge in [-0.2, -0.15) is 0 Å². The fraction of sp³-hybridized carbons (Fsp3) is 0.833. The van der Waals surface area contributed by atoms with Gasteiger partial charge in [-0.25, -0.2) is 4.79 Å². The Bertz CT molecular complexity index is 292. The Labute approximate surface area is 102 Å². The average Bonchev–Trinajstić information content (AvgIpc) is 2.80. The van der Waals surface area contributed by atoms with E-state index in [1.54, 1.807) is 0 Å². The van der Waals surface area contributed by atoms with Crippen molar-refractivity contribution in [3.8, 4) is 0 Å². The Morgan fingerprint density at radius 2 is 2.00 bits per heavy atom. The van der Waals surface area contributed by atoms with Crippen LogP contribution in [0.3, 0.4) is 0 Å². The lowest BCUT2D eigenvalue weighted by Crippen LogP contribution is -2.51. The standard InChI is InChI=1S/C12H22N2O3/c1-3-12(4-2,8-13)11(17)14-7-5-6-9(14)10(15)16/h9H,3-8,13H2,1-2H3,(H,15,16)/t9-/m0/s1. The van der Waals surface area contributed by atoms with Crippen LogP contribution in [0, 0.1) is 5.41 Å². The molecule has 1 amide bonds. The minimum Gasteiger partial charge on any atom is -0.480 e. The van der Waals surface area contributed by atoms with E-state index in [1.165, 1.54) is 4.90 Å². The Morgan fingerprint density at radius 1 is 1.41 bits per heavy atom. The molecule has 1 atom stereocenters. The number of hydrogen-bond donors (Lipinski definition) is 2. The number of carboxylic acid groups (broad SMARTS) is 1. The van der Waals surface area contributed by atoms with Gasteiger partial charge >= 0.3 is 5.97 Å². The first-order valence-corrected chi connectivity index (χ1v) is 6.26. The highest BCUT2D eigenvalue weighted by atomic mass is 16.4. The van der Waals surface area contributed by atoms with Crippen molar-refractivity contribution in [3.63, 3.8) is 0 Å². The Morgan fingerprint density at radius 3 is 2.41 bits per heavy atom. The largest absolute Gasteiger partial charge is 0.480 e. The lowest BCUT2D eigenvalue weighted by Gasteiger charge is -2.35. The molecule has 1 rings (SSSR count). The smallest absolute Gasteiger partial charge is 0.326 e. The molecule has 0 spiro atoms. The molecule has 3 N–H and O–H groups in total. The van der Waals surface area contributed by atoms with Crippen LogP contribution in [0.4, 0.5) is 0 Å². The van der Waals surface area contributed by atoms with Crippen LogP contribution in [0.1, 0.15) is 39.5 Å². The Balaban J connectivity index is 2.91. The third-order valence-electron chi connectivity index (χ3n) is 4.00. The first-order chi connectivity index (χ1) is 8.02. The topological polar surface area (TPSA) is 83.6 Å². The second-order valence-corrected chi connectivity index (χ2v) is 4.69. The fourth-order valence-electron chi connectivity index (χ4n) is 2.50. The SMILES string of the molecule is CCC(CC)(CN)C(=O)N1CCC[C@H]1C(=O)O. The molecule has 1 aliphatic heterocycles. The zero-order chi connectivity index (χ0) is 13.1. The lowest BCUT2D eigenvalue weighted by atomic mass is 9.80.